The summed E-state index contributed by atoms with van der Waals surface area (Å²) in [5.74, 6) is -0.390. The van der Waals surface area contributed by atoms with Crippen molar-refractivity contribution in [1.29, 1.82) is 0 Å². The average Bonchev–Trinajstić information content (AvgIpc) is 2.83. The number of azo groups is 2. The van der Waals surface area contributed by atoms with Crippen molar-refractivity contribution in [3.8, 4) is 0 Å². The zero-order valence-corrected chi connectivity index (χ0v) is 17.1. The molecule has 8 heteroatoms. The molecule has 3 rings (SSSR count). The monoisotopic (exact) mass is 417 g/mol. The smallest absolute Gasteiger partial charge is 0.337 e. The highest BCUT2D eigenvalue weighted by Gasteiger charge is 2.03. The van der Waals surface area contributed by atoms with Crippen LogP contribution in [0.25, 0.3) is 0 Å². The van der Waals surface area contributed by atoms with E-state index < -0.39 is 0 Å². The Hall–Kier alpha value is -3.91. The molecule has 0 aliphatic carbocycles. The van der Waals surface area contributed by atoms with Gasteiger partial charge >= 0.3 is 5.97 Å². The number of benzene rings is 3. The molecule has 0 fully saturated rings. The maximum atomic E-state index is 11.4. The quantitative estimate of drug-likeness (QED) is 0.249. The molecule has 0 spiro atoms. The molecule has 0 heterocycles. The molecule has 0 unspecified atom stereocenters. The Balaban J connectivity index is 1.56. The molecule has 8 nitrogen and oxygen atoms in total. The summed E-state index contributed by atoms with van der Waals surface area (Å²) in [6, 6.07) is 21.5. The molecule has 0 atom stereocenters. The summed E-state index contributed by atoms with van der Waals surface area (Å²) in [5.41, 5.74) is 4.18. The molecule has 0 amide bonds. The number of hydrogen-bond donors (Lipinski definition) is 2. The lowest BCUT2D eigenvalue weighted by molar-refractivity contribution is 0.0600. The second-order valence-electron chi connectivity index (χ2n) is 6.51. The predicted molar refractivity (Wildman–Crippen MR) is 119 cm³/mol. The molecule has 2 N–H and O–H groups in total. The van der Waals surface area contributed by atoms with Crippen LogP contribution >= 0.6 is 0 Å². The zero-order chi connectivity index (χ0) is 21.9. The van der Waals surface area contributed by atoms with E-state index in [1.807, 2.05) is 36.4 Å². The highest BCUT2D eigenvalue weighted by atomic mass is 16.5. The largest absolute Gasteiger partial charge is 0.465 e. The number of hydrogen-bond acceptors (Lipinski definition) is 8. The van der Waals surface area contributed by atoms with E-state index >= 15 is 0 Å². The van der Waals surface area contributed by atoms with Gasteiger partial charge in [-0.3, -0.25) is 0 Å². The zero-order valence-electron chi connectivity index (χ0n) is 17.1. The minimum Gasteiger partial charge on any atom is -0.465 e. The lowest BCUT2D eigenvalue weighted by Gasteiger charge is -2.04. The van der Waals surface area contributed by atoms with E-state index in [2.05, 4.69) is 30.5 Å². The highest BCUT2D eigenvalue weighted by Crippen LogP contribution is 2.24. The minimum absolute atomic E-state index is 0.170. The summed E-state index contributed by atoms with van der Waals surface area (Å²) in [6.07, 6.45) is 0.707. The van der Waals surface area contributed by atoms with Crippen LogP contribution in [0.4, 0.5) is 28.4 Å². The van der Waals surface area contributed by atoms with Gasteiger partial charge in [-0.25, -0.2) is 4.79 Å². The normalized spacial score (nSPS) is 11.2. The van der Waals surface area contributed by atoms with E-state index in [1.54, 1.807) is 36.4 Å². The van der Waals surface area contributed by atoms with Crippen LogP contribution in [0.3, 0.4) is 0 Å². The maximum Gasteiger partial charge on any atom is 0.337 e. The fraction of sp³-hybridized carbons (Fsp3) is 0.174. The number of nitrogens with zero attached hydrogens (tertiary/aromatic N) is 4. The number of methoxy groups -OCH3 is 1. The van der Waals surface area contributed by atoms with Crippen LogP contribution < -0.4 is 5.32 Å². The standard InChI is InChI=1S/C23H23N5O3/c1-31-23(30)17-3-5-19(6-4-17)25-27-21-11-13-22(14-12-21)28-26-20-9-7-18(8-10-20)24-15-2-16-29/h3-14,24,29H,2,15-16H2,1H3. The summed E-state index contributed by atoms with van der Waals surface area (Å²) in [7, 11) is 1.34. The third-order valence-electron chi connectivity index (χ3n) is 4.23. The highest BCUT2D eigenvalue weighted by molar-refractivity contribution is 5.89. The molecular weight excluding hydrogens is 394 g/mol. The van der Waals surface area contributed by atoms with Crippen molar-refractivity contribution >= 4 is 34.4 Å². The number of ether oxygens (including phenoxy) is 1. The van der Waals surface area contributed by atoms with E-state index in [4.69, 9.17) is 5.11 Å². The van der Waals surface area contributed by atoms with Crippen molar-refractivity contribution in [1.82, 2.24) is 0 Å². The second-order valence-corrected chi connectivity index (χ2v) is 6.51. The fourth-order valence-corrected chi connectivity index (χ4v) is 2.56. The Kier molecular flexibility index (Phi) is 7.96. The molecule has 0 saturated carbocycles. The van der Waals surface area contributed by atoms with Gasteiger partial charge in [0.05, 0.1) is 35.4 Å². The molecule has 0 aromatic heterocycles. The lowest BCUT2D eigenvalue weighted by Crippen LogP contribution is -2.02. The molecule has 3 aromatic carbocycles. The first kappa shape index (κ1) is 21.8. The summed E-state index contributed by atoms with van der Waals surface area (Å²) < 4.78 is 4.67. The summed E-state index contributed by atoms with van der Waals surface area (Å²) in [4.78, 5) is 11.4. The summed E-state index contributed by atoms with van der Waals surface area (Å²) in [6.45, 7) is 0.892. The number of nitrogens with one attached hydrogen (secondary N) is 1. The van der Waals surface area contributed by atoms with Gasteiger partial charge in [0, 0.05) is 18.8 Å². The molecule has 0 radical (unpaired) electrons. The van der Waals surface area contributed by atoms with E-state index in [0.29, 0.717) is 29.0 Å². The first-order chi connectivity index (χ1) is 15.2. The number of aliphatic hydroxyl groups is 1. The van der Waals surface area contributed by atoms with Crippen molar-refractivity contribution in [3.63, 3.8) is 0 Å². The van der Waals surface area contributed by atoms with Crippen LogP contribution in [0.2, 0.25) is 0 Å². The van der Waals surface area contributed by atoms with Gasteiger partial charge in [-0.05, 0) is 79.2 Å². The summed E-state index contributed by atoms with van der Waals surface area (Å²) in [5, 5.41) is 28.8. The number of esters is 1. The van der Waals surface area contributed by atoms with Crippen molar-refractivity contribution in [3.05, 3.63) is 78.4 Å². The number of carbonyl (C=O) groups is 1. The topological polar surface area (TPSA) is 108 Å². The Morgan fingerprint density at radius 1 is 0.774 bits per heavy atom. The fourth-order valence-electron chi connectivity index (χ4n) is 2.56. The van der Waals surface area contributed by atoms with Gasteiger partial charge in [-0.1, -0.05) is 0 Å². The first-order valence-corrected chi connectivity index (χ1v) is 9.74. The van der Waals surface area contributed by atoms with Crippen LogP contribution in [-0.2, 0) is 4.74 Å². The maximum absolute atomic E-state index is 11.4. The van der Waals surface area contributed by atoms with E-state index in [1.165, 1.54) is 7.11 Å². The van der Waals surface area contributed by atoms with E-state index in [0.717, 1.165) is 17.9 Å². The molecule has 31 heavy (non-hydrogen) atoms. The number of anilines is 1. The van der Waals surface area contributed by atoms with Gasteiger partial charge in [0.1, 0.15) is 0 Å². The Morgan fingerprint density at radius 3 is 1.61 bits per heavy atom. The molecule has 0 bridgehead atoms. The third kappa shape index (κ3) is 6.83. The van der Waals surface area contributed by atoms with Crippen LogP contribution in [0.1, 0.15) is 16.8 Å². The van der Waals surface area contributed by atoms with Gasteiger partial charge in [-0.15, -0.1) is 0 Å². The van der Waals surface area contributed by atoms with Crippen molar-refractivity contribution in [2.75, 3.05) is 25.6 Å². The van der Waals surface area contributed by atoms with Crippen LogP contribution in [0.5, 0.6) is 0 Å². The lowest BCUT2D eigenvalue weighted by atomic mass is 10.2. The van der Waals surface area contributed by atoms with Gasteiger partial charge in [0.15, 0.2) is 0 Å². The van der Waals surface area contributed by atoms with Crippen LogP contribution in [0, 0.1) is 0 Å². The molecule has 0 aliphatic rings. The van der Waals surface area contributed by atoms with Gasteiger partial charge in [0.2, 0.25) is 0 Å². The van der Waals surface area contributed by atoms with Crippen LogP contribution in [0.15, 0.2) is 93.3 Å². The number of aliphatic hydroxyl groups excluding tert-OH is 1. The molecule has 158 valence electrons. The van der Waals surface area contributed by atoms with E-state index in [-0.39, 0.29) is 12.6 Å². The molecular formula is C23H23N5O3. The third-order valence-corrected chi connectivity index (χ3v) is 4.23. The Morgan fingerprint density at radius 2 is 1.19 bits per heavy atom. The molecule has 0 saturated heterocycles. The van der Waals surface area contributed by atoms with Gasteiger partial charge in [0.25, 0.3) is 0 Å². The predicted octanol–water partition coefficient (Wildman–Crippen LogP) is 6.10. The minimum atomic E-state index is -0.390. The Bertz CT molecular complexity index is 1030. The second kappa shape index (κ2) is 11.3. The van der Waals surface area contributed by atoms with Crippen LogP contribution in [-0.4, -0.2) is 31.3 Å². The Labute approximate surface area is 180 Å². The van der Waals surface area contributed by atoms with Crippen molar-refractivity contribution < 1.29 is 14.6 Å². The van der Waals surface area contributed by atoms with Gasteiger partial charge < -0.3 is 15.2 Å². The molecule has 0 aliphatic heterocycles. The number of rotatable bonds is 9. The SMILES string of the molecule is COC(=O)c1ccc(N=Nc2ccc(N=Nc3ccc(NCCCO)cc3)cc2)cc1. The molecule has 3 aromatic rings. The first-order valence-electron chi connectivity index (χ1n) is 9.74. The average molecular weight is 417 g/mol. The van der Waals surface area contributed by atoms with Gasteiger partial charge in [-0.2, -0.15) is 20.5 Å². The van der Waals surface area contributed by atoms with E-state index in [9.17, 15) is 4.79 Å². The van der Waals surface area contributed by atoms with Crippen molar-refractivity contribution in [2.24, 2.45) is 20.5 Å². The van der Waals surface area contributed by atoms with Crippen molar-refractivity contribution in [2.45, 2.75) is 6.42 Å². The number of carbonyl (C=O) groups excluding carboxylic acids is 1. The summed E-state index contributed by atoms with van der Waals surface area (Å²) >= 11 is 0.